The molecule has 0 amide bonds. The van der Waals surface area contributed by atoms with Gasteiger partial charge in [-0.25, -0.2) is 0 Å². The SMILES string of the molecule is C=C1Cc2cccc(CNS)c2-c2sc3c(c21)CC(C)(C)CC3. The summed E-state index contributed by atoms with van der Waals surface area (Å²) in [5.74, 6) is 0. The van der Waals surface area contributed by atoms with Crippen LogP contribution >= 0.6 is 24.2 Å². The van der Waals surface area contributed by atoms with Crippen LogP contribution in [0.4, 0.5) is 0 Å². The number of nitrogens with one attached hydrogen (secondary N) is 1. The van der Waals surface area contributed by atoms with Crippen LogP contribution < -0.4 is 4.72 Å². The number of hydrogen-bond donors (Lipinski definition) is 2. The van der Waals surface area contributed by atoms with Crippen LogP contribution in [0.5, 0.6) is 0 Å². The molecule has 23 heavy (non-hydrogen) atoms. The molecule has 0 spiro atoms. The van der Waals surface area contributed by atoms with E-state index in [-0.39, 0.29) is 0 Å². The molecule has 2 aliphatic carbocycles. The lowest BCUT2D eigenvalue weighted by molar-refractivity contribution is 0.317. The normalized spacial score (nSPS) is 18.3. The predicted octanol–water partition coefficient (Wildman–Crippen LogP) is 5.43. The number of fused-ring (bicyclic) bond motifs is 5. The molecule has 0 saturated carbocycles. The zero-order valence-corrected chi connectivity index (χ0v) is 15.5. The van der Waals surface area contributed by atoms with Crippen molar-refractivity contribution in [1.82, 2.24) is 4.72 Å². The highest BCUT2D eigenvalue weighted by atomic mass is 32.1. The highest BCUT2D eigenvalue weighted by Gasteiger charge is 2.34. The van der Waals surface area contributed by atoms with Gasteiger partial charge in [-0.15, -0.1) is 11.3 Å². The molecule has 1 N–H and O–H groups in total. The predicted molar refractivity (Wildman–Crippen MR) is 104 cm³/mol. The average Bonchev–Trinajstić information content (AvgIpc) is 2.85. The van der Waals surface area contributed by atoms with Gasteiger partial charge in [0.2, 0.25) is 0 Å². The van der Waals surface area contributed by atoms with Gasteiger partial charge in [0, 0.05) is 21.9 Å². The van der Waals surface area contributed by atoms with Crippen LogP contribution in [0.2, 0.25) is 0 Å². The summed E-state index contributed by atoms with van der Waals surface area (Å²) >= 11 is 6.23. The molecule has 120 valence electrons. The van der Waals surface area contributed by atoms with Gasteiger partial charge in [-0.2, -0.15) is 0 Å². The average molecular weight is 342 g/mol. The first-order valence-electron chi connectivity index (χ1n) is 8.31. The Kier molecular flexibility index (Phi) is 3.71. The van der Waals surface area contributed by atoms with Crippen molar-refractivity contribution in [2.24, 2.45) is 5.41 Å². The minimum atomic E-state index is 0.411. The first-order valence-corrected chi connectivity index (χ1v) is 9.57. The van der Waals surface area contributed by atoms with Crippen LogP contribution in [0, 0.1) is 5.41 Å². The molecule has 3 heteroatoms. The largest absolute Gasteiger partial charge is 0.262 e. The lowest BCUT2D eigenvalue weighted by atomic mass is 9.73. The Morgan fingerprint density at radius 1 is 1.30 bits per heavy atom. The Bertz CT molecular complexity index is 798. The molecule has 0 radical (unpaired) electrons. The zero-order valence-electron chi connectivity index (χ0n) is 13.8. The molecule has 1 nitrogen and oxygen atoms in total. The second-order valence-corrected chi connectivity index (χ2v) is 9.04. The van der Waals surface area contributed by atoms with Crippen molar-refractivity contribution >= 4 is 29.7 Å². The Morgan fingerprint density at radius 3 is 2.91 bits per heavy atom. The molecule has 0 unspecified atom stereocenters. The summed E-state index contributed by atoms with van der Waals surface area (Å²) < 4.78 is 3.03. The van der Waals surface area contributed by atoms with E-state index in [0.29, 0.717) is 5.41 Å². The first-order chi connectivity index (χ1) is 11.0. The van der Waals surface area contributed by atoms with E-state index in [1.54, 1.807) is 10.4 Å². The van der Waals surface area contributed by atoms with Gasteiger partial charge in [0.25, 0.3) is 0 Å². The van der Waals surface area contributed by atoms with E-state index in [0.717, 1.165) is 13.0 Å². The lowest BCUT2D eigenvalue weighted by Gasteiger charge is -2.31. The minimum Gasteiger partial charge on any atom is -0.262 e. The molecule has 0 atom stereocenters. The molecule has 0 saturated heterocycles. The third-order valence-corrected chi connectivity index (χ3v) is 6.73. The molecule has 2 aliphatic rings. The van der Waals surface area contributed by atoms with Crippen molar-refractivity contribution in [2.75, 3.05) is 0 Å². The smallest absolute Gasteiger partial charge is 0.0429 e. The minimum absolute atomic E-state index is 0.411. The summed E-state index contributed by atoms with van der Waals surface area (Å²) in [4.78, 5) is 3.05. The number of rotatable bonds is 2. The Hall–Kier alpha value is -1.03. The van der Waals surface area contributed by atoms with Gasteiger partial charge in [0.05, 0.1) is 0 Å². The molecule has 2 aromatic rings. The van der Waals surface area contributed by atoms with Crippen LogP contribution in [0.25, 0.3) is 16.0 Å². The fourth-order valence-electron chi connectivity index (χ4n) is 4.11. The Morgan fingerprint density at radius 2 is 2.13 bits per heavy atom. The summed E-state index contributed by atoms with van der Waals surface area (Å²) in [6.07, 6.45) is 4.68. The van der Waals surface area contributed by atoms with E-state index in [1.165, 1.54) is 52.0 Å². The van der Waals surface area contributed by atoms with Crippen LogP contribution in [0.1, 0.15) is 47.4 Å². The lowest BCUT2D eigenvalue weighted by Crippen LogP contribution is -2.22. The first kappa shape index (κ1) is 15.5. The Balaban J connectivity index is 1.94. The molecule has 4 rings (SSSR count). The number of thiophene rings is 1. The van der Waals surface area contributed by atoms with Crippen molar-refractivity contribution < 1.29 is 0 Å². The summed E-state index contributed by atoms with van der Waals surface area (Å²) in [5, 5.41) is 0. The second kappa shape index (κ2) is 5.51. The number of allylic oxidation sites excluding steroid dienone is 1. The molecule has 0 aliphatic heterocycles. The van der Waals surface area contributed by atoms with Gasteiger partial charge in [0.1, 0.15) is 0 Å². The number of hydrogen-bond acceptors (Lipinski definition) is 3. The van der Waals surface area contributed by atoms with Crippen molar-refractivity contribution in [3.63, 3.8) is 0 Å². The zero-order chi connectivity index (χ0) is 16.2. The van der Waals surface area contributed by atoms with E-state index in [9.17, 15) is 0 Å². The van der Waals surface area contributed by atoms with E-state index < -0.39 is 0 Å². The van der Waals surface area contributed by atoms with Gasteiger partial charge in [0.15, 0.2) is 0 Å². The second-order valence-electron chi connectivity index (χ2n) is 7.62. The fourth-order valence-corrected chi connectivity index (χ4v) is 5.77. The van der Waals surface area contributed by atoms with Crippen molar-refractivity contribution in [3.05, 3.63) is 51.9 Å². The fraction of sp³-hybridized carbons (Fsp3) is 0.400. The van der Waals surface area contributed by atoms with Gasteiger partial charge in [-0.05, 0) is 58.9 Å². The van der Waals surface area contributed by atoms with Gasteiger partial charge in [-0.1, -0.05) is 51.4 Å². The standard InChI is InChI=1S/C20H23NS2/c1-12-9-13-5-4-6-14(11-21-22)18(13)19-17(12)15-10-20(2,3)8-7-16(15)23-19/h4-6,21-22H,1,7-11H2,2-3H3. The highest BCUT2D eigenvalue weighted by molar-refractivity contribution is 7.78. The van der Waals surface area contributed by atoms with Crippen molar-refractivity contribution in [3.8, 4) is 10.4 Å². The maximum absolute atomic E-state index is 4.43. The van der Waals surface area contributed by atoms with Crippen LogP contribution in [-0.2, 0) is 25.8 Å². The highest BCUT2D eigenvalue weighted by Crippen LogP contribution is 2.51. The molecule has 1 heterocycles. The van der Waals surface area contributed by atoms with Crippen LogP contribution in [0.15, 0.2) is 24.8 Å². The maximum Gasteiger partial charge on any atom is 0.0429 e. The van der Waals surface area contributed by atoms with Crippen molar-refractivity contribution in [2.45, 2.75) is 46.1 Å². The van der Waals surface area contributed by atoms with Gasteiger partial charge >= 0.3 is 0 Å². The monoisotopic (exact) mass is 341 g/mol. The summed E-state index contributed by atoms with van der Waals surface area (Å²) in [7, 11) is 0. The number of aryl methyl sites for hydroxylation is 1. The van der Waals surface area contributed by atoms with Crippen LogP contribution in [0.3, 0.4) is 0 Å². The quantitative estimate of drug-likeness (QED) is 0.694. The third-order valence-electron chi connectivity index (χ3n) is 5.27. The van der Waals surface area contributed by atoms with E-state index >= 15 is 0 Å². The maximum atomic E-state index is 4.43. The van der Waals surface area contributed by atoms with Crippen LogP contribution in [-0.4, -0.2) is 0 Å². The van der Waals surface area contributed by atoms with Gasteiger partial charge < -0.3 is 0 Å². The van der Waals surface area contributed by atoms with E-state index in [2.05, 4.69) is 56.2 Å². The summed E-state index contributed by atoms with van der Waals surface area (Å²) in [6, 6.07) is 6.64. The van der Waals surface area contributed by atoms with E-state index in [1.807, 2.05) is 11.3 Å². The third kappa shape index (κ3) is 2.50. The molecule has 0 bridgehead atoms. The molecular weight excluding hydrogens is 318 g/mol. The van der Waals surface area contributed by atoms with Gasteiger partial charge in [-0.3, -0.25) is 4.72 Å². The van der Waals surface area contributed by atoms with Crippen molar-refractivity contribution in [1.29, 1.82) is 0 Å². The molecular formula is C20H23NS2. The topological polar surface area (TPSA) is 12.0 Å². The summed E-state index contributed by atoms with van der Waals surface area (Å²) in [5.41, 5.74) is 8.98. The summed E-state index contributed by atoms with van der Waals surface area (Å²) in [6.45, 7) is 10.0. The molecule has 1 aromatic heterocycles. The molecule has 0 fully saturated rings. The number of benzene rings is 1. The molecule has 1 aromatic carbocycles. The Labute approximate surface area is 148 Å². The number of thiol groups is 1. The van der Waals surface area contributed by atoms with E-state index in [4.69, 9.17) is 0 Å².